The summed E-state index contributed by atoms with van der Waals surface area (Å²) < 4.78 is 2.72. The van der Waals surface area contributed by atoms with Gasteiger partial charge in [-0.1, -0.05) is 59.8 Å². The first kappa shape index (κ1) is 19.9. The van der Waals surface area contributed by atoms with Crippen LogP contribution in [0.4, 0.5) is 0 Å². The highest BCUT2D eigenvalue weighted by Gasteiger charge is 2.09. The summed E-state index contributed by atoms with van der Waals surface area (Å²) in [6.07, 6.45) is 3.78. The van der Waals surface area contributed by atoms with Crippen molar-refractivity contribution in [2.45, 2.75) is 13.2 Å². The molecule has 30 heavy (non-hydrogen) atoms. The standard InChI is InChI=1S/C24H19BrN2O3/c25-22-12-18(10-11-21(22)24(28)29)16-30-26-13-19-15-27(14-17-6-2-1-3-7-17)23-9-5-4-8-20(19)23/h1-13,15H,14,16H2,(H,28,29)/b26-13-. The third kappa shape index (κ3) is 4.44. The number of oxime groups is 1. The number of carboxylic acid groups (broad SMARTS) is 1. The van der Waals surface area contributed by atoms with Gasteiger partial charge in [-0.2, -0.15) is 0 Å². The summed E-state index contributed by atoms with van der Waals surface area (Å²) in [5, 5.41) is 14.3. The van der Waals surface area contributed by atoms with Gasteiger partial charge in [-0.3, -0.25) is 0 Å². The van der Waals surface area contributed by atoms with Crippen LogP contribution >= 0.6 is 15.9 Å². The van der Waals surface area contributed by atoms with Crippen LogP contribution in [0, 0.1) is 0 Å². The van der Waals surface area contributed by atoms with Crippen LogP contribution in [-0.4, -0.2) is 21.9 Å². The number of carbonyl (C=O) groups is 1. The van der Waals surface area contributed by atoms with E-state index in [2.05, 4.69) is 56.1 Å². The van der Waals surface area contributed by atoms with E-state index in [1.807, 2.05) is 30.3 Å². The summed E-state index contributed by atoms with van der Waals surface area (Å²) in [6, 6.07) is 23.5. The number of hydrogen-bond acceptors (Lipinski definition) is 3. The highest BCUT2D eigenvalue weighted by atomic mass is 79.9. The van der Waals surface area contributed by atoms with Gasteiger partial charge in [0.05, 0.1) is 11.8 Å². The Bertz CT molecular complexity index is 1220. The topological polar surface area (TPSA) is 63.8 Å². The quantitative estimate of drug-likeness (QED) is 0.283. The third-order valence-corrected chi connectivity index (χ3v) is 5.43. The Kier molecular flexibility index (Phi) is 5.95. The lowest BCUT2D eigenvalue weighted by Crippen LogP contribution is -1.98. The first-order valence-corrected chi connectivity index (χ1v) is 10.2. The molecule has 150 valence electrons. The van der Waals surface area contributed by atoms with Gasteiger partial charge in [-0.05, 0) is 45.3 Å². The maximum Gasteiger partial charge on any atom is 0.336 e. The molecular formula is C24H19BrN2O3. The van der Waals surface area contributed by atoms with Gasteiger partial charge in [0.25, 0.3) is 0 Å². The van der Waals surface area contributed by atoms with Crippen LogP contribution in [0.3, 0.4) is 0 Å². The molecule has 5 nitrogen and oxygen atoms in total. The largest absolute Gasteiger partial charge is 0.478 e. The SMILES string of the molecule is O=C(O)c1ccc(CO/N=C\c2cn(Cc3ccccc3)c3ccccc23)cc1Br. The van der Waals surface area contributed by atoms with Gasteiger partial charge in [-0.15, -0.1) is 0 Å². The molecule has 0 bridgehead atoms. The minimum absolute atomic E-state index is 0.216. The molecule has 0 unspecified atom stereocenters. The van der Waals surface area contributed by atoms with Crippen molar-refractivity contribution in [1.82, 2.24) is 4.57 Å². The molecule has 4 aromatic rings. The first-order chi connectivity index (χ1) is 14.6. The van der Waals surface area contributed by atoms with E-state index < -0.39 is 5.97 Å². The van der Waals surface area contributed by atoms with Crippen LogP contribution in [-0.2, 0) is 18.0 Å². The van der Waals surface area contributed by atoms with E-state index in [4.69, 9.17) is 9.94 Å². The fourth-order valence-electron chi connectivity index (χ4n) is 3.32. The number of rotatable bonds is 7. The molecule has 0 saturated heterocycles. The predicted octanol–water partition coefficient (Wildman–Crippen LogP) is 5.70. The van der Waals surface area contributed by atoms with E-state index in [1.54, 1.807) is 24.4 Å². The number of aromatic carboxylic acids is 1. The molecule has 0 fully saturated rings. The van der Waals surface area contributed by atoms with Gasteiger partial charge >= 0.3 is 5.97 Å². The number of hydrogen-bond donors (Lipinski definition) is 1. The molecule has 0 radical (unpaired) electrons. The monoisotopic (exact) mass is 462 g/mol. The van der Waals surface area contributed by atoms with Crippen molar-refractivity contribution >= 4 is 39.0 Å². The van der Waals surface area contributed by atoms with E-state index in [1.165, 1.54) is 5.56 Å². The van der Waals surface area contributed by atoms with Crippen molar-refractivity contribution in [1.29, 1.82) is 0 Å². The van der Waals surface area contributed by atoms with E-state index in [0.717, 1.165) is 28.6 Å². The molecule has 4 rings (SSSR count). The van der Waals surface area contributed by atoms with Crippen molar-refractivity contribution in [2.24, 2.45) is 5.16 Å². The molecule has 1 N–H and O–H groups in total. The van der Waals surface area contributed by atoms with Crippen LogP contribution in [0.5, 0.6) is 0 Å². The Morgan fingerprint density at radius 3 is 2.57 bits per heavy atom. The average molecular weight is 463 g/mol. The number of halogens is 1. The zero-order valence-corrected chi connectivity index (χ0v) is 17.6. The number of para-hydroxylation sites is 1. The van der Waals surface area contributed by atoms with Crippen LogP contribution in [0.15, 0.2) is 88.6 Å². The summed E-state index contributed by atoms with van der Waals surface area (Å²) in [5.41, 5.74) is 4.39. The summed E-state index contributed by atoms with van der Waals surface area (Å²) in [6.45, 7) is 1.03. The molecule has 3 aromatic carbocycles. The zero-order chi connectivity index (χ0) is 20.9. The van der Waals surface area contributed by atoms with Crippen molar-refractivity contribution in [2.75, 3.05) is 0 Å². The average Bonchev–Trinajstić information content (AvgIpc) is 3.09. The normalized spacial score (nSPS) is 11.2. The second-order valence-corrected chi connectivity index (χ2v) is 7.70. The van der Waals surface area contributed by atoms with Crippen molar-refractivity contribution in [3.05, 3.63) is 106 Å². The Morgan fingerprint density at radius 2 is 1.80 bits per heavy atom. The Labute approximate surface area is 182 Å². The molecular weight excluding hydrogens is 444 g/mol. The van der Waals surface area contributed by atoms with Crippen LogP contribution in [0.2, 0.25) is 0 Å². The van der Waals surface area contributed by atoms with E-state index in [9.17, 15) is 4.79 Å². The fourth-order valence-corrected chi connectivity index (χ4v) is 3.91. The lowest BCUT2D eigenvalue weighted by atomic mass is 10.1. The lowest BCUT2D eigenvalue weighted by molar-refractivity contribution is 0.0695. The number of aromatic nitrogens is 1. The molecule has 0 aliphatic carbocycles. The van der Waals surface area contributed by atoms with Crippen LogP contribution in [0.25, 0.3) is 10.9 Å². The summed E-state index contributed by atoms with van der Waals surface area (Å²) >= 11 is 3.27. The predicted molar refractivity (Wildman–Crippen MR) is 121 cm³/mol. The molecule has 6 heteroatoms. The Hall–Kier alpha value is -3.38. The third-order valence-electron chi connectivity index (χ3n) is 4.78. The maximum absolute atomic E-state index is 11.1. The lowest BCUT2D eigenvalue weighted by Gasteiger charge is -2.05. The molecule has 0 amide bonds. The Balaban J connectivity index is 1.49. The number of fused-ring (bicyclic) bond motifs is 1. The van der Waals surface area contributed by atoms with Crippen LogP contribution in [0.1, 0.15) is 27.0 Å². The van der Waals surface area contributed by atoms with Gasteiger partial charge in [0, 0.05) is 33.7 Å². The molecule has 1 heterocycles. The number of benzene rings is 3. The zero-order valence-electron chi connectivity index (χ0n) is 16.0. The van der Waals surface area contributed by atoms with Gasteiger partial charge in [-0.25, -0.2) is 4.79 Å². The second-order valence-electron chi connectivity index (χ2n) is 6.84. The number of nitrogens with zero attached hydrogens (tertiary/aromatic N) is 2. The van der Waals surface area contributed by atoms with Crippen molar-refractivity contribution < 1.29 is 14.7 Å². The highest BCUT2D eigenvalue weighted by Crippen LogP contribution is 2.22. The van der Waals surface area contributed by atoms with Crippen LogP contribution < -0.4 is 0 Å². The van der Waals surface area contributed by atoms with Gasteiger partial charge in [0.1, 0.15) is 6.61 Å². The van der Waals surface area contributed by atoms with Gasteiger partial charge in [0.15, 0.2) is 0 Å². The summed E-state index contributed by atoms with van der Waals surface area (Å²) in [5.74, 6) is -0.973. The first-order valence-electron chi connectivity index (χ1n) is 9.40. The summed E-state index contributed by atoms with van der Waals surface area (Å²) in [4.78, 5) is 16.5. The maximum atomic E-state index is 11.1. The van der Waals surface area contributed by atoms with Crippen molar-refractivity contribution in [3.8, 4) is 0 Å². The van der Waals surface area contributed by atoms with Gasteiger partial charge in [0.2, 0.25) is 0 Å². The molecule has 0 aliphatic heterocycles. The van der Waals surface area contributed by atoms with E-state index in [0.29, 0.717) is 4.47 Å². The smallest absolute Gasteiger partial charge is 0.336 e. The van der Waals surface area contributed by atoms with E-state index >= 15 is 0 Å². The molecule has 0 spiro atoms. The minimum Gasteiger partial charge on any atom is -0.478 e. The highest BCUT2D eigenvalue weighted by molar-refractivity contribution is 9.10. The second kappa shape index (κ2) is 8.97. The van der Waals surface area contributed by atoms with Gasteiger partial charge < -0.3 is 14.5 Å². The molecule has 0 aliphatic rings. The minimum atomic E-state index is -0.973. The summed E-state index contributed by atoms with van der Waals surface area (Å²) in [7, 11) is 0. The molecule has 0 saturated carbocycles. The van der Waals surface area contributed by atoms with E-state index in [-0.39, 0.29) is 12.2 Å². The number of carboxylic acids is 1. The Morgan fingerprint density at radius 1 is 1.03 bits per heavy atom. The molecule has 1 aromatic heterocycles. The van der Waals surface area contributed by atoms with Crippen molar-refractivity contribution in [3.63, 3.8) is 0 Å². The molecule has 0 atom stereocenters. The fraction of sp³-hybridized carbons (Fsp3) is 0.0833.